The van der Waals surface area contributed by atoms with Crippen LogP contribution in [0.25, 0.3) is 21.7 Å². The predicted octanol–water partition coefficient (Wildman–Crippen LogP) is 2.64. The van der Waals surface area contributed by atoms with Crippen molar-refractivity contribution in [3.05, 3.63) is 46.8 Å². The van der Waals surface area contributed by atoms with E-state index in [0.29, 0.717) is 22.6 Å². The molecule has 3 aromatic rings. The Morgan fingerprint density at radius 2 is 1.96 bits per heavy atom. The molecule has 2 heterocycles. The zero-order valence-corrected chi connectivity index (χ0v) is 15.5. The van der Waals surface area contributed by atoms with Gasteiger partial charge in [0.15, 0.2) is 5.16 Å². The minimum atomic E-state index is -0.619. The van der Waals surface area contributed by atoms with E-state index >= 15 is 0 Å². The summed E-state index contributed by atoms with van der Waals surface area (Å²) in [7, 11) is 0. The Labute approximate surface area is 158 Å². The summed E-state index contributed by atoms with van der Waals surface area (Å²) in [6.45, 7) is 2.78. The number of amides is 2. The molecule has 0 bridgehead atoms. The first-order valence-electron chi connectivity index (χ1n) is 8.61. The SMILES string of the molecule is CCn1c(SCC(=O)N2CCOC2=O)nc2cc3ccccc3cc2c1=O. The third kappa shape index (κ3) is 3.16. The number of hydrogen-bond acceptors (Lipinski definition) is 6. The summed E-state index contributed by atoms with van der Waals surface area (Å²) in [5.74, 6) is -0.335. The van der Waals surface area contributed by atoms with E-state index in [-0.39, 0.29) is 30.4 Å². The number of rotatable bonds is 4. The number of nitrogens with zero attached hydrogens (tertiary/aromatic N) is 3. The topological polar surface area (TPSA) is 81.5 Å². The monoisotopic (exact) mass is 383 g/mol. The zero-order valence-electron chi connectivity index (χ0n) is 14.7. The van der Waals surface area contributed by atoms with Crippen LogP contribution in [0.5, 0.6) is 0 Å². The highest BCUT2D eigenvalue weighted by atomic mass is 32.2. The molecule has 2 aromatic carbocycles. The Morgan fingerprint density at radius 3 is 2.63 bits per heavy atom. The summed E-state index contributed by atoms with van der Waals surface area (Å²) in [4.78, 5) is 42.4. The molecule has 1 fully saturated rings. The molecule has 1 saturated heterocycles. The second kappa shape index (κ2) is 7.03. The number of cyclic esters (lactones) is 1. The van der Waals surface area contributed by atoms with Crippen molar-refractivity contribution in [2.45, 2.75) is 18.6 Å². The van der Waals surface area contributed by atoms with Crippen molar-refractivity contribution in [3.63, 3.8) is 0 Å². The quantitative estimate of drug-likeness (QED) is 0.391. The smallest absolute Gasteiger partial charge is 0.416 e. The average Bonchev–Trinajstić information content (AvgIpc) is 3.11. The molecule has 4 rings (SSSR count). The first kappa shape index (κ1) is 17.5. The van der Waals surface area contributed by atoms with Crippen LogP contribution in [0.15, 0.2) is 46.3 Å². The van der Waals surface area contributed by atoms with Gasteiger partial charge in [-0.3, -0.25) is 14.2 Å². The predicted molar refractivity (Wildman–Crippen MR) is 103 cm³/mol. The Morgan fingerprint density at radius 1 is 1.22 bits per heavy atom. The van der Waals surface area contributed by atoms with Crippen molar-refractivity contribution in [2.24, 2.45) is 0 Å². The van der Waals surface area contributed by atoms with E-state index in [1.807, 2.05) is 43.3 Å². The van der Waals surface area contributed by atoms with E-state index in [9.17, 15) is 14.4 Å². The summed E-state index contributed by atoms with van der Waals surface area (Å²) in [6, 6.07) is 11.5. The highest BCUT2D eigenvalue weighted by Crippen LogP contribution is 2.23. The Balaban J connectivity index is 1.71. The van der Waals surface area contributed by atoms with Gasteiger partial charge < -0.3 is 4.74 Å². The van der Waals surface area contributed by atoms with E-state index in [4.69, 9.17) is 4.74 Å². The van der Waals surface area contributed by atoms with Crippen molar-refractivity contribution < 1.29 is 14.3 Å². The number of benzene rings is 2. The molecule has 0 unspecified atom stereocenters. The van der Waals surface area contributed by atoms with Gasteiger partial charge in [0.1, 0.15) is 6.61 Å². The highest BCUT2D eigenvalue weighted by Gasteiger charge is 2.28. The second-order valence-corrected chi connectivity index (χ2v) is 7.05. The second-order valence-electron chi connectivity index (χ2n) is 6.11. The number of aromatic nitrogens is 2. The Kier molecular flexibility index (Phi) is 4.57. The van der Waals surface area contributed by atoms with Gasteiger partial charge >= 0.3 is 6.09 Å². The Bertz CT molecular complexity index is 1130. The van der Waals surface area contributed by atoms with Crippen LogP contribution in [0.4, 0.5) is 4.79 Å². The molecule has 2 amide bonds. The van der Waals surface area contributed by atoms with Crippen LogP contribution in [0.2, 0.25) is 0 Å². The van der Waals surface area contributed by atoms with Crippen LogP contribution < -0.4 is 5.56 Å². The molecule has 1 aliphatic heterocycles. The lowest BCUT2D eigenvalue weighted by atomic mass is 10.1. The molecule has 0 aliphatic carbocycles. The molecule has 0 spiro atoms. The van der Waals surface area contributed by atoms with Gasteiger partial charge in [0.2, 0.25) is 5.91 Å². The molecule has 0 atom stereocenters. The largest absolute Gasteiger partial charge is 0.447 e. The Hall–Kier alpha value is -2.87. The van der Waals surface area contributed by atoms with Crippen LogP contribution in [0.3, 0.4) is 0 Å². The van der Waals surface area contributed by atoms with E-state index in [0.717, 1.165) is 27.4 Å². The maximum absolute atomic E-state index is 12.9. The van der Waals surface area contributed by atoms with Crippen molar-refractivity contribution in [3.8, 4) is 0 Å². The van der Waals surface area contributed by atoms with Gasteiger partial charge in [-0.25, -0.2) is 14.7 Å². The molecule has 0 N–H and O–H groups in total. The lowest BCUT2D eigenvalue weighted by Crippen LogP contribution is -2.33. The fraction of sp³-hybridized carbons (Fsp3) is 0.263. The molecule has 1 aliphatic rings. The normalized spacial score (nSPS) is 14.1. The third-order valence-electron chi connectivity index (χ3n) is 4.49. The molecular weight excluding hydrogens is 366 g/mol. The van der Waals surface area contributed by atoms with Gasteiger partial charge in [-0.05, 0) is 29.8 Å². The molecule has 0 radical (unpaired) electrons. The number of ether oxygens (including phenoxy) is 1. The minimum Gasteiger partial charge on any atom is -0.447 e. The average molecular weight is 383 g/mol. The lowest BCUT2D eigenvalue weighted by Gasteiger charge is -2.13. The highest BCUT2D eigenvalue weighted by molar-refractivity contribution is 7.99. The van der Waals surface area contributed by atoms with E-state index in [1.54, 1.807) is 4.57 Å². The molecule has 8 heteroatoms. The first-order valence-corrected chi connectivity index (χ1v) is 9.60. The van der Waals surface area contributed by atoms with Gasteiger partial charge in [-0.1, -0.05) is 36.0 Å². The van der Waals surface area contributed by atoms with E-state index < -0.39 is 6.09 Å². The van der Waals surface area contributed by atoms with Gasteiger partial charge in [0.05, 0.1) is 23.2 Å². The van der Waals surface area contributed by atoms with E-state index in [1.165, 1.54) is 0 Å². The van der Waals surface area contributed by atoms with Gasteiger partial charge in [0.25, 0.3) is 5.56 Å². The molecule has 1 aromatic heterocycles. The van der Waals surface area contributed by atoms with E-state index in [2.05, 4.69) is 4.98 Å². The number of imide groups is 1. The van der Waals surface area contributed by atoms with Crippen LogP contribution in [-0.4, -0.2) is 45.4 Å². The number of fused-ring (bicyclic) bond motifs is 2. The summed E-state index contributed by atoms with van der Waals surface area (Å²) < 4.78 is 6.34. The fourth-order valence-electron chi connectivity index (χ4n) is 3.10. The van der Waals surface area contributed by atoms with Crippen LogP contribution in [0, 0.1) is 0 Å². The molecule has 0 saturated carbocycles. The number of carbonyl (C=O) groups is 2. The molecule has 7 nitrogen and oxygen atoms in total. The standard InChI is InChI=1S/C19H17N3O4S/c1-2-21-17(24)14-9-12-5-3-4-6-13(12)10-15(14)20-18(21)27-11-16(23)22-7-8-26-19(22)25/h3-6,9-10H,2,7-8,11H2,1H3. The summed E-state index contributed by atoms with van der Waals surface area (Å²) >= 11 is 1.16. The maximum atomic E-state index is 12.9. The van der Waals surface area contributed by atoms with Gasteiger partial charge in [0, 0.05) is 6.54 Å². The van der Waals surface area contributed by atoms with Crippen molar-refractivity contribution in [1.82, 2.24) is 14.5 Å². The van der Waals surface area contributed by atoms with Crippen LogP contribution >= 0.6 is 11.8 Å². The van der Waals surface area contributed by atoms with Crippen molar-refractivity contribution >= 4 is 45.4 Å². The number of carbonyl (C=O) groups excluding carboxylic acids is 2. The van der Waals surface area contributed by atoms with Crippen LogP contribution in [-0.2, 0) is 16.1 Å². The summed E-state index contributed by atoms with van der Waals surface area (Å²) in [5.41, 5.74) is 0.461. The molecule has 27 heavy (non-hydrogen) atoms. The maximum Gasteiger partial charge on any atom is 0.416 e. The fourth-order valence-corrected chi connectivity index (χ4v) is 4.04. The van der Waals surface area contributed by atoms with Crippen LogP contribution in [0.1, 0.15) is 6.92 Å². The first-order chi connectivity index (χ1) is 13.1. The number of hydrogen-bond donors (Lipinski definition) is 0. The van der Waals surface area contributed by atoms with Crippen molar-refractivity contribution in [2.75, 3.05) is 18.9 Å². The zero-order chi connectivity index (χ0) is 19.0. The van der Waals surface area contributed by atoms with Gasteiger partial charge in [-0.15, -0.1) is 0 Å². The number of thioether (sulfide) groups is 1. The third-order valence-corrected chi connectivity index (χ3v) is 5.45. The molecule has 138 valence electrons. The summed E-state index contributed by atoms with van der Waals surface area (Å²) in [6.07, 6.45) is -0.619. The molecular formula is C19H17N3O4S. The minimum absolute atomic E-state index is 0.0145. The van der Waals surface area contributed by atoms with Gasteiger partial charge in [-0.2, -0.15) is 0 Å². The summed E-state index contributed by atoms with van der Waals surface area (Å²) in [5, 5.41) is 2.99. The van der Waals surface area contributed by atoms with Crippen molar-refractivity contribution in [1.29, 1.82) is 0 Å². The lowest BCUT2D eigenvalue weighted by molar-refractivity contribution is -0.125.